The quantitative estimate of drug-likeness (QED) is 0.579. The number of aromatic nitrogens is 3. The molecular weight excluding hydrogens is 437 g/mol. The molecule has 1 atom stereocenters. The van der Waals surface area contributed by atoms with Crippen molar-refractivity contribution in [1.29, 1.82) is 0 Å². The molecule has 7 nitrogen and oxygen atoms in total. The molecule has 0 unspecified atom stereocenters. The summed E-state index contributed by atoms with van der Waals surface area (Å²) in [6.45, 7) is 4.22. The van der Waals surface area contributed by atoms with Crippen LogP contribution in [0.15, 0.2) is 36.8 Å². The van der Waals surface area contributed by atoms with E-state index in [1.54, 1.807) is 6.33 Å². The SMILES string of the molecule is F[C@H]1CCN(c2c[nH]c3ncnc(N4CCN(C(=S)Nc5cccc(Cl)c5)CC4)c23)C1. The van der Waals surface area contributed by atoms with Gasteiger partial charge in [0.05, 0.1) is 11.1 Å². The number of piperazine rings is 1. The minimum absolute atomic E-state index is 0.415. The van der Waals surface area contributed by atoms with Crippen LogP contribution in [-0.4, -0.2) is 70.4 Å². The molecule has 3 aromatic rings. The van der Waals surface area contributed by atoms with Crippen molar-refractivity contribution in [3.05, 3.63) is 41.8 Å². The van der Waals surface area contributed by atoms with Crippen molar-refractivity contribution in [3.8, 4) is 0 Å². The monoisotopic (exact) mass is 459 g/mol. The van der Waals surface area contributed by atoms with Crippen molar-refractivity contribution in [3.63, 3.8) is 0 Å². The lowest BCUT2D eigenvalue weighted by Gasteiger charge is -2.37. The second-order valence-corrected chi connectivity index (χ2v) is 8.66. The van der Waals surface area contributed by atoms with Gasteiger partial charge in [0.15, 0.2) is 5.11 Å². The van der Waals surface area contributed by atoms with Gasteiger partial charge in [-0.25, -0.2) is 14.4 Å². The number of H-pyrrole nitrogens is 1. The number of nitrogens with one attached hydrogen (secondary N) is 2. The van der Waals surface area contributed by atoms with Crippen molar-refractivity contribution in [2.45, 2.75) is 12.6 Å². The lowest BCUT2D eigenvalue weighted by Crippen LogP contribution is -2.50. The smallest absolute Gasteiger partial charge is 0.173 e. The summed E-state index contributed by atoms with van der Waals surface area (Å²) < 4.78 is 13.8. The lowest BCUT2D eigenvalue weighted by atomic mass is 10.2. The average molecular weight is 460 g/mol. The fourth-order valence-corrected chi connectivity index (χ4v) is 4.74. The second kappa shape index (κ2) is 8.47. The summed E-state index contributed by atoms with van der Waals surface area (Å²) in [6.07, 6.45) is 3.28. The number of aromatic amines is 1. The average Bonchev–Trinajstić information content (AvgIpc) is 3.40. The van der Waals surface area contributed by atoms with Gasteiger partial charge in [0.1, 0.15) is 24.0 Å². The number of hydrogen-bond acceptors (Lipinski definition) is 5. The molecule has 2 fully saturated rings. The van der Waals surface area contributed by atoms with E-state index in [1.807, 2.05) is 30.5 Å². The molecule has 4 heterocycles. The summed E-state index contributed by atoms with van der Waals surface area (Å²) in [5.41, 5.74) is 2.64. The summed E-state index contributed by atoms with van der Waals surface area (Å²) in [7, 11) is 0. The van der Waals surface area contributed by atoms with Gasteiger partial charge in [-0.05, 0) is 36.8 Å². The minimum Gasteiger partial charge on any atom is -0.367 e. The summed E-state index contributed by atoms with van der Waals surface area (Å²) >= 11 is 11.7. The van der Waals surface area contributed by atoms with Crippen LogP contribution >= 0.6 is 23.8 Å². The number of thiocarbonyl (C=S) groups is 1. The number of halogens is 2. The molecule has 0 spiro atoms. The Bertz CT molecular complexity index is 1100. The highest BCUT2D eigenvalue weighted by Gasteiger charge is 2.28. The first-order valence-electron chi connectivity index (χ1n) is 10.4. The van der Waals surface area contributed by atoms with Crippen molar-refractivity contribution in [1.82, 2.24) is 19.9 Å². The van der Waals surface area contributed by atoms with Crippen LogP contribution < -0.4 is 15.1 Å². The topological polar surface area (TPSA) is 63.3 Å². The minimum atomic E-state index is -0.783. The van der Waals surface area contributed by atoms with Crippen LogP contribution in [-0.2, 0) is 0 Å². The number of anilines is 3. The maximum Gasteiger partial charge on any atom is 0.173 e. The van der Waals surface area contributed by atoms with E-state index in [1.165, 1.54) is 0 Å². The van der Waals surface area contributed by atoms with E-state index in [-0.39, 0.29) is 0 Å². The first-order chi connectivity index (χ1) is 15.1. The first kappa shape index (κ1) is 20.3. The predicted octanol–water partition coefficient (Wildman–Crippen LogP) is 3.68. The van der Waals surface area contributed by atoms with Gasteiger partial charge >= 0.3 is 0 Å². The van der Waals surface area contributed by atoms with Gasteiger partial charge in [-0.3, -0.25) is 0 Å². The summed E-state index contributed by atoms with van der Waals surface area (Å²) in [5.74, 6) is 0.886. The van der Waals surface area contributed by atoms with Gasteiger partial charge in [0.25, 0.3) is 0 Å². The van der Waals surface area contributed by atoms with Crippen molar-refractivity contribution >= 4 is 57.2 Å². The summed E-state index contributed by atoms with van der Waals surface area (Å²) in [4.78, 5) is 18.7. The van der Waals surface area contributed by atoms with Crippen LogP contribution in [0.1, 0.15) is 6.42 Å². The number of alkyl halides is 1. The van der Waals surface area contributed by atoms with Gasteiger partial charge in [-0.1, -0.05) is 17.7 Å². The fourth-order valence-electron chi connectivity index (χ4n) is 4.25. The molecule has 162 valence electrons. The molecule has 2 aromatic heterocycles. The highest BCUT2D eigenvalue weighted by atomic mass is 35.5. The molecule has 31 heavy (non-hydrogen) atoms. The first-order valence-corrected chi connectivity index (χ1v) is 11.1. The molecular formula is C21H23ClFN7S. The third-order valence-electron chi connectivity index (χ3n) is 5.84. The van der Waals surface area contributed by atoms with E-state index in [2.05, 4.69) is 35.0 Å². The maximum absolute atomic E-state index is 13.8. The van der Waals surface area contributed by atoms with Crippen LogP contribution in [0.4, 0.5) is 21.6 Å². The van der Waals surface area contributed by atoms with Gasteiger partial charge in [0, 0.05) is 56.2 Å². The molecule has 1 aromatic carbocycles. The Labute approximate surface area is 190 Å². The molecule has 2 N–H and O–H groups in total. The predicted molar refractivity (Wildman–Crippen MR) is 127 cm³/mol. The molecule has 10 heteroatoms. The Morgan fingerprint density at radius 2 is 2.00 bits per heavy atom. The van der Waals surface area contributed by atoms with Crippen LogP contribution in [0.25, 0.3) is 11.0 Å². The van der Waals surface area contributed by atoms with Crippen molar-refractivity contribution in [2.75, 3.05) is 54.4 Å². The van der Waals surface area contributed by atoms with E-state index >= 15 is 0 Å². The molecule has 0 saturated carbocycles. The number of benzene rings is 1. The van der Waals surface area contributed by atoms with Crippen LogP contribution in [0.3, 0.4) is 0 Å². The summed E-state index contributed by atoms with van der Waals surface area (Å²) in [5, 5.41) is 5.58. The van der Waals surface area contributed by atoms with E-state index < -0.39 is 6.17 Å². The van der Waals surface area contributed by atoms with E-state index in [9.17, 15) is 4.39 Å². The Morgan fingerprint density at radius 1 is 1.16 bits per heavy atom. The second-order valence-electron chi connectivity index (χ2n) is 7.84. The molecule has 5 rings (SSSR count). The zero-order chi connectivity index (χ0) is 21.4. The molecule has 2 aliphatic heterocycles. The molecule has 0 aliphatic carbocycles. The number of nitrogens with zero attached hydrogens (tertiary/aromatic N) is 5. The van der Waals surface area contributed by atoms with Crippen molar-refractivity contribution in [2.24, 2.45) is 0 Å². The van der Waals surface area contributed by atoms with Crippen LogP contribution in [0.2, 0.25) is 5.02 Å². The standard InChI is InChI=1S/C21H23ClFN7S/c22-14-2-1-3-16(10-14)27-21(31)29-8-6-28(7-9-29)20-18-17(30-5-4-15(23)12-30)11-24-19(18)25-13-26-20/h1-3,10-11,13,15H,4-9,12H2,(H,27,31)(H,24,25,26)/t15-/m0/s1. The van der Waals surface area contributed by atoms with Gasteiger partial charge in [0.2, 0.25) is 0 Å². The Balaban J connectivity index is 1.30. The van der Waals surface area contributed by atoms with Gasteiger partial charge in [-0.15, -0.1) is 0 Å². The normalized spacial score (nSPS) is 19.3. The molecule has 0 radical (unpaired) electrons. The zero-order valence-corrected chi connectivity index (χ0v) is 18.5. The van der Waals surface area contributed by atoms with E-state index in [0.717, 1.165) is 54.4 Å². The van der Waals surface area contributed by atoms with Crippen LogP contribution in [0.5, 0.6) is 0 Å². The van der Waals surface area contributed by atoms with Gasteiger partial charge in [-0.2, -0.15) is 0 Å². The van der Waals surface area contributed by atoms with Gasteiger partial charge < -0.3 is 25.0 Å². The molecule has 0 amide bonds. The molecule has 0 bridgehead atoms. The Morgan fingerprint density at radius 3 is 2.74 bits per heavy atom. The van der Waals surface area contributed by atoms with Crippen molar-refractivity contribution < 1.29 is 4.39 Å². The third-order valence-corrected chi connectivity index (χ3v) is 6.44. The third kappa shape index (κ3) is 4.12. The maximum atomic E-state index is 13.8. The fraction of sp³-hybridized carbons (Fsp3) is 0.381. The zero-order valence-electron chi connectivity index (χ0n) is 16.9. The molecule has 2 saturated heterocycles. The Hall–Kier alpha value is -2.65. The largest absolute Gasteiger partial charge is 0.367 e. The number of rotatable bonds is 3. The Kier molecular flexibility index (Phi) is 5.54. The number of fused-ring (bicyclic) bond motifs is 1. The summed E-state index contributed by atoms with van der Waals surface area (Å²) in [6, 6.07) is 7.53. The van der Waals surface area contributed by atoms with Crippen LogP contribution in [0, 0.1) is 0 Å². The highest BCUT2D eigenvalue weighted by Crippen LogP contribution is 2.35. The van der Waals surface area contributed by atoms with E-state index in [4.69, 9.17) is 23.8 Å². The highest BCUT2D eigenvalue weighted by molar-refractivity contribution is 7.80. The molecule has 2 aliphatic rings. The van der Waals surface area contributed by atoms with E-state index in [0.29, 0.717) is 29.6 Å². The lowest BCUT2D eigenvalue weighted by molar-refractivity contribution is 0.364. The number of hydrogen-bond donors (Lipinski definition) is 2.